The highest BCUT2D eigenvalue weighted by Crippen LogP contribution is 2.25. The Bertz CT molecular complexity index is 662. The van der Waals surface area contributed by atoms with Crippen molar-refractivity contribution >= 4 is 16.7 Å². The molecule has 0 bridgehead atoms. The molecule has 1 fully saturated rings. The molecule has 116 valence electrons. The Labute approximate surface area is 130 Å². The number of carbonyl (C=O) groups is 1. The Balaban J connectivity index is 1.61. The molecule has 4 heteroatoms. The van der Waals surface area contributed by atoms with Crippen LogP contribution in [0.25, 0.3) is 10.8 Å². The minimum atomic E-state index is -0.0439. The van der Waals surface area contributed by atoms with Crippen molar-refractivity contribution in [3.63, 3.8) is 0 Å². The maximum absolute atomic E-state index is 11.9. The van der Waals surface area contributed by atoms with E-state index in [2.05, 4.69) is 5.32 Å². The van der Waals surface area contributed by atoms with Gasteiger partial charge in [-0.2, -0.15) is 0 Å². The van der Waals surface area contributed by atoms with Crippen molar-refractivity contribution < 1.29 is 14.3 Å². The molecule has 1 saturated carbocycles. The van der Waals surface area contributed by atoms with Gasteiger partial charge < -0.3 is 14.8 Å². The summed E-state index contributed by atoms with van der Waals surface area (Å²) in [4.78, 5) is 11.9. The van der Waals surface area contributed by atoms with Crippen LogP contribution in [-0.4, -0.2) is 25.7 Å². The summed E-state index contributed by atoms with van der Waals surface area (Å²) in [6.07, 6.45) is 4.58. The van der Waals surface area contributed by atoms with E-state index in [1.54, 1.807) is 7.11 Å². The predicted octanol–water partition coefficient (Wildman–Crippen LogP) is 3.29. The number of hydrogen-bond donors (Lipinski definition) is 1. The second-order valence-electron chi connectivity index (χ2n) is 5.71. The lowest BCUT2D eigenvalue weighted by molar-refractivity contribution is -0.123. The number of methoxy groups -OCH3 is 1. The molecule has 0 radical (unpaired) electrons. The van der Waals surface area contributed by atoms with Gasteiger partial charge >= 0.3 is 0 Å². The van der Waals surface area contributed by atoms with E-state index in [1.165, 1.54) is 12.8 Å². The van der Waals surface area contributed by atoms with Gasteiger partial charge in [0.05, 0.1) is 7.11 Å². The second kappa shape index (κ2) is 6.69. The number of carbonyl (C=O) groups excluding carboxylic acids is 1. The number of fused-ring (bicyclic) bond motifs is 1. The molecule has 1 N–H and O–H groups in total. The van der Waals surface area contributed by atoms with Gasteiger partial charge in [-0.25, -0.2) is 0 Å². The lowest BCUT2D eigenvalue weighted by atomic mass is 10.1. The highest BCUT2D eigenvalue weighted by molar-refractivity contribution is 5.85. The van der Waals surface area contributed by atoms with E-state index < -0.39 is 0 Å². The van der Waals surface area contributed by atoms with E-state index in [9.17, 15) is 4.79 Å². The van der Waals surface area contributed by atoms with E-state index in [0.29, 0.717) is 11.8 Å². The zero-order valence-electron chi connectivity index (χ0n) is 12.8. The fraction of sp³-hybridized carbons (Fsp3) is 0.389. The number of ether oxygens (including phenoxy) is 2. The molecule has 0 heterocycles. The Morgan fingerprint density at radius 3 is 2.50 bits per heavy atom. The molecule has 2 aromatic rings. The fourth-order valence-corrected chi connectivity index (χ4v) is 2.91. The van der Waals surface area contributed by atoms with Crippen LogP contribution in [0.15, 0.2) is 36.4 Å². The van der Waals surface area contributed by atoms with Crippen LogP contribution in [0.1, 0.15) is 25.7 Å². The van der Waals surface area contributed by atoms with Gasteiger partial charge in [0, 0.05) is 6.04 Å². The SMILES string of the molecule is COc1ccc2ccc(OCC(=O)NC3CCCC3)cc2c1. The molecule has 1 aliphatic carbocycles. The molecule has 22 heavy (non-hydrogen) atoms. The summed E-state index contributed by atoms with van der Waals surface area (Å²) in [6.45, 7) is 0.0615. The van der Waals surface area contributed by atoms with E-state index in [1.807, 2.05) is 36.4 Å². The first kappa shape index (κ1) is 14.7. The van der Waals surface area contributed by atoms with Crippen molar-refractivity contribution in [1.82, 2.24) is 5.32 Å². The van der Waals surface area contributed by atoms with Crippen molar-refractivity contribution in [1.29, 1.82) is 0 Å². The predicted molar refractivity (Wildman–Crippen MR) is 86.4 cm³/mol. The Morgan fingerprint density at radius 1 is 1.09 bits per heavy atom. The molecule has 1 aliphatic rings. The maximum Gasteiger partial charge on any atom is 0.258 e. The van der Waals surface area contributed by atoms with E-state index in [0.717, 1.165) is 29.4 Å². The smallest absolute Gasteiger partial charge is 0.258 e. The van der Waals surface area contributed by atoms with Gasteiger partial charge in [-0.3, -0.25) is 4.79 Å². The molecule has 0 saturated heterocycles. The highest BCUT2D eigenvalue weighted by atomic mass is 16.5. The largest absolute Gasteiger partial charge is 0.497 e. The van der Waals surface area contributed by atoms with Gasteiger partial charge in [-0.1, -0.05) is 25.0 Å². The van der Waals surface area contributed by atoms with Crippen molar-refractivity contribution in [2.24, 2.45) is 0 Å². The van der Waals surface area contributed by atoms with Crippen LogP contribution >= 0.6 is 0 Å². The average molecular weight is 299 g/mol. The fourth-order valence-electron chi connectivity index (χ4n) is 2.91. The quantitative estimate of drug-likeness (QED) is 0.921. The van der Waals surface area contributed by atoms with Crippen LogP contribution in [-0.2, 0) is 4.79 Å². The first-order chi connectivity index (χ1) is 10.7. The Hall–Kier alpha value is -2.23. The third-order valence-electron chi connectivity index (χ3n) is 4.11. The Kier molecular flexibility index (Phi) is 4.47. The van der Waals surface area contributed by atoms with E-state index in [4.69, 9.17) is 9.47 Å². The van der Waals surface area contributed by atoms with Gasteiger partial charge in [-0.05, 0) is 47.9 Å². The number of benzene rings is 2. The summed E-state index contributed by atoms with van der Waals surface area (Å²) in [5.74, 6) is 1.46. The van der Waals surface area contributed by atoms with Crippen LogP contribution in [0.4, 0.5) is 0 Å². The van der Waals surface area contributed by atoms with Crippen LogP contribution in [0.2, 0.25) is 0 Å². The van der Waals surface area contributed by atoms with Crippen LogP contribution in [0.5, 0.6) is 11.5 Å². The van der Waals surface area contributed by atoms with Crippen molar-refractivity contribution in [3.05, 3.63) is 36.4 Å². The molecular formula is C18H21NO3. The van der Waals surface area contributed by atoms with Gasteiger partial charge in [0.25, 0.3) is 5.91 Å². The van der Waals surface area contributed by atoms with Crippen molar-refractivity contribution in [2.75, 3.05) is 13.7 Å². The van der Waals surface area contributed by atoms with Crippen LogP contribution in [0, 0.1) is 0 Å². The minimum Gasteiger partial charge on any atom is -0.497 e. The Morgan fingerprint density at radius 2 is 1.77 bits per heavy atom. The summed E-state index contributed by atoms with van der Waals surface area (Å²) in [7, 11) is 1.65. The van der Waals surface area contributed by atoms with Crippen molar-refractivity contribution in [3.8, 4) is 11.5 Å². The first-order valence-corrected chi connectivity index (χ1v) is 7.74. The lowest BCUT2D eigenvalue weighted by Gasteiger charge is -2.13. The minimum absolute atomic E-state index is 0.0439. The topological polar surface area (TPSA) is 47.6 Å². The standard InChI is InChI=1S/C18H21NO3/c1-21-16-8-6-13-7-9-17(11-14(13)10-16)22-12-18(20)19-15-4-2-3-5-15/h6-11,15H,2-5,12H2,1H3,(H,19,20). The van der Waals surface area contributed by atoms with E-state index in [-0.39, 0.29) is 12.5 Å². The molecule has 1 amide bonds. The number of rotatable bonds is 5. The third-order valence-corrected chi connectivity index (χ3v) is 4.11. The summed E-state index contributed by atoms with van der Waals surface area (Å²) in [5.41, 5.74) is 0. The zero-order valence-corrected chi connectivity index (χ0v) is 12.8. The number of nitrogens with one attached hydrogen (secondary N) is 1. The molecular weight excluding hydrogens is 278 g/mol. The second-order valence-corrected chi connectivity index (χ2v) is 5.71. The molecule has 0 atom stereocenters. The van der Waals surface area contributed by atoms with Crippen molar-refractivity contribution in [2.45, 2.75) is 31.7 Å². The summed E-state index contributed by atoms with van der Waals surface area (Å²) >= 11 is 0. The van der Waals surface area contributed by atoms with Gasteiger partial charge in [0.1, 0.15) is 11.5 Å². The maximum atomic E-state index is 11.9. The van der Waals surface area contributed by atoms with Crippen LogP contribution in [0.3, 0.4) is 0 Å². The molecule has 0 aliphatic heterocycles. The summed E-state index contributed by atoms with van der Waals surface area (Å²) in [6, 6.07) is 12.0. The molecule has 2 aromatic carbocycles. The lowest BCUT2D eigenvalue weighted by Crippen LogP contribution is -2.36. The van der Waals surface area contributed by atoms with Gasteiger partial charge in [0.2, 0.25) is 0 Å². The van der Waals surface area contributed by atoms with Gasteiger partial charge in [-0.15, -0.1) is 0 Å². The van der Waals surface area contributed by atoms with Gasteiger partial charge in [0.15, 0.2) is 6.61 Å². The monoisotopic (exact) mass is 299 g/mol. The molecule has 0 aromatic heterocycles. The summed E-state index contributed by atoms with van der Waals surface area (Å²) in [5, 5.41) is 5.17. The average Bonchev–Trinajstić information content (AvgIpc) is 3.05. The molecule has 4 nitrogen and oxygen atoms in total. The highest BCUT2D eigenvalue weighted by Gasteiger charge is 2.17. The molecule has 3 rings (SSSR count). The first-order valence-electron chi connectivity index (χ1n) is 7.74. The number of hydrogen-bond acceptors (Lipinski definition) is 3. The zero-order chi connectivity index (χ0) is 15.4. The van der Waals surface area contributed by atoms with Crippen LogP contribution < -0.4 is 14.8 Å². The van der Waals surface area contributed by atoms with E-state index >= 15 is 0 Å². The molecule has 0 spiro atoms. The third kappa shape index (κ3) is 3.50. The number of amides is 1. The summed E-state index contributed by atoms with van der Waals surface area (Å²) < 4.78 is 10.8. The normalized spacial score (nSPS) is 15.0. The molecule has 0 unspecified atom stereocenters.